The molecule has 4 aliphatic carbocycles. The van der Waals surface area contributed by atoms with Crippen LogP contribution in [-0.2, 0) is 14.5 Å². The maximum absolute atomic E-state index is 13.6. The molecule has 42 heavy (non-hydrogen) atoms. The number of carbonyl (C=O) groups is 1. The van der Waals surface area contributed by atoms with Crippen molar-refractivity contribution in [3.8, 4) is 23.0 Å². The molecule has 0 aromatic heterocycles. The lowest BCUT2D eigenvalue weighted by Gasteiger charge is -2.30. The first-order valence-corrected chi connectivity index (χ1v) is 16.1. The normalized spacial score (nSPS) is 31.0. The van der Waals surface area contributed by atoms with Crippen LogP contribution in [-0.4, -0.2) is 34.9 Å². The molecule has 0 heterocycles. The zero-order chi connectivity index (χ0) is 31.4. The van der Waals surface area contributed by atoms with Crippen molar-refractivity contribution in [1.29, 1.82) is 0 Å². The van der Waals surface area contributed by atoms with Gasteiger partial charge >= 0.3 is 0 Å². The lowest BCUT2D eigenvalue weighted by Crippen LogP contribution is -2.33. The van der Waals surface area contributed by atoms with E-state index in [0.717, 1.165) is 12.1 Å². The van der Waals surface area contributed by atoms with Crippen LogP contribution in [0.4, 0.5) is 0 Å². The summed E-state index contributed by atoms with van der Waals surface area (Å²) in [6.07, 6.45) is 0. The van der Waals surface area contributed by atoms with E-state index in [1.165, 1.54) is 0 Å². The molecule has 2 aromatic rings. The number of benzene rings is 2. The predicted octanol–water partition coefficient (Wildman–Crippen LogP) is 10.2. The molecule has 0 spiro atoms. The van der Waals surface area contributed by atoms with E-state index in [2.05, 4.69) is 0 Å². The highest BCUT2D eigenvalue weighted by Gasteiger charge is 2.73. The molecular weight excluding hydrogens is 806 g/mol. The van der Waals surface area contributed by atoms with Crippen molar-refractivity contribution in [2.45, 2.75) is 41.0 Å². The number of ketones is 1. The second-order valence-electron chi connectivity index (χ2n) is 10.1. The number of fused-ring (bicyclic) bond motifs is 10. The Labute approximate surface area is 297 Å². The fourth-order valence-electron chi connectivity index (χ4n) is 6.25. The van der Waals surface area contributed by atoms with Gasteiger partial charge in [-0.15, -0.1) is 46.4 Å². The summed E-state index contributed by atoms with van der Waals surface area (Å²) >= 11 is 77.9. The van der Waals surface area contributed by atoms with Crippen LogP contribution in [0, 0.1) is 0 Å². The SMILES string of the molecule is O=C(C(Cl)c1cc(O)c2c(c1O)C1(Cl)C(Cl)=C(Cl)C2C1(Cl)Cl)C(Cl)c1cc(O)c2c(c1O)C1(Cl)C(Cl)=C(Cl)C2C1(Cl)Cl. The van der Waals surface area contributed by atoms with E-state index < -0.39 is 69.8 Å². The largest absolute Gasteiger partial charge is 0.508 e. The van der Waals surface area contributed by atoms with Gasteiger partial charge in [-0.3, -0.25) is 4.79 Å². The highest BCUT2D eigenvalue weighted by molar-refractivity contribution is 6.62. The van der Waals surface area contributed by atoms with Crippen molar-refractivity contribution in [3.05, 3.63) is 65.6 Å². The summed E-state index contributed by atoms with van der Waals surface area (Å²) in [5.74, 6) is -5.47. The van der Waals surface area contributed by atoms with Crippen molar-refractivity contribution in [2.75, 3.05) is 0 Å². The van der Waals surface area contributed by atoms with E-state index in [4.69, 9.17) is 139 Å². The van der Waals surface area contributed by atoms with Crippen LogP contribution < -0.4 is 0 Å². The molecule has 4 bridgehead atoms. The van der Waals surface area contributed by atoms with Crippen LogP contribution in [0.3, 0.4) is 0 Å². The number of halogens is 12. The van der Waals surface area contributed by atoms with Gasteiger partial charge in [0.05, 0.1) is 21.9 Å². The topological polar surface area (TPSA) is 98.0 Å². The monoisotopic (exact) mass is 810 g/mol. The molecule has 5 nitrogen and oxygen atoms in total. The molecule has 4 N–H and O–H groups in total. The summed E-state index contributed by atoms with van der Waals surface area (Å²) in [6, 6.07) is 2.01. The average Bonchev–Trinajstić information content (AvgIpc) is 3.34. The van der Waals surface area contributed by atoms with Crippen molar-refractivity contribution >= 4 is 145 Å². The minimum Gasteiger partial charge on any atom is -0.508 e. The molecule has 0 saturated heterocycles. The summed E-state index contributed by atoms with van der Waals surface area (Å²) in [7, 11) is 0. The molecular formula is C25H10Cl12O5. The lowest BCUT2D eigenvalue weighted by molar-refractivity contribution is -0.118. The van der Waals surface area contributed by atoms with Gasteiger partial charge in [0, 0.05) is 43.4 Å². The quantitative estimate of drug-likeness (QED) is 0.182. The molecule has 17 heteroatoms. The third-order valence-corrected chi connectivity index (χ3v) is 15.0. The van der Waals surface area contributed by atoms with Gasteiger partial charge in [-0.1, -0.05) is 92.8 Å². The van der Waals surface area contributed by atoms with Crippen LogP contribution in [0.15, 0.2) is 32.3 Å². The molecule has 0 fully saturated rings. The predicted molar refractivity (Wildman–Crippen MR) is 169 cm³/mol. The van der Waals surface area contributed by atoms with Gasteiger partial charge in [0.25, 0.3) is 0 Å². The van der Waals surface area contributed by atoms with Crippen molar-refractivity contribution < 1.29 is 25.2 Å². The van der Waals surface area contributed by atoms with Gasteiger partial charge in [-0.05, 0) is 12.1 Å². The fraction of sp³-hybridized carbons (Fsp3) is 0.320. The number of alkyl halides is 8. The van der Waals surface area contributed by atoms with Gasteiger partial charge in [-0.25, -0.2) is 0 Å². The number of hydrogen-bond donors (Lipinski definition) is 4. The van der Waals surface area contributed by atoms with Crippen LogP contribution in [0.5, 0.6) is 23.0 Å². The van der Waals surface area contributed by atoms with Crippen LogP contribution >= 0.6 is 139 Å². The van der Waals surface area contributed by atoms with E-state index in [1.807, 2.05) is 0 Å². The number of Topliss-reactive ketones (excluding diaryl/α,β-unsaturated/α-hetero) is 1. The van der Waals surface area contributed by atoms with E-state index in [0.29, 0.717) is 0 Å². The Balaban J connectivity index is 1.44. The molecule has 0 radical (unpaired) electrons. The smallest absolute Gasteiger partial charge is 0.177 e. The number of rotatable bonds is 4. The maximum Gasteiger partial charge on any atom is 0.177 e. The van der Waals surface area contributed by atoms with Gasteiger partial charge in [0.2, 0.25) is 0 Å². The Bertz CT molecular complexity index is 1610. The number of allylic oxidation sites excluding steroid dienone is 4. The van der Waals surface area contributed by atoms with E-state index in [1.54, 1.807) is 0 Å². The zero-order valence-corrected chi connectivity index (χ0v) is 28.8. The fourth-order valence-corrected chi connectivity index (χ4v) is 11.4. The minimum atomic E-state index is -1.99. The Kier molecular flexibility index (Phi) is 7.40. The Morgan fingerprint density at radius 3 is 1.26 bits per heavy atom. The number of phenolic OH excluding ortho intramolecular Hbond substituents is 4. The number of hydrogen-bond acceptors (Lipinski definition) is 5. The Hall–Kier alpha value is 0.270. The second-order valence-corrected chi connectivity index (χ2v) is 16.5. The molecule has 4 aliphatic rings. The molecule has 6 atom stereocenters. The van der Waals surface area contributed by atoms with Crippen LogP contribution in [0.1, 0.15) is 56.0 Å². The van der Waals surface area contributed by atoms with Crippen molar-refractivity contribution in [3.63, 3.8) is 0 Å². The van der Waals surface area contributed by atoms with E-state index >= 15 is 0 Å². The summed E-state index contributed by atoms with van der Waals surface area (Å²) < 4.78 is -3.83. The van der Waals surface area contributed by atoms with Crippen molar-refractivity contribution in [1.82, 2.24) is 0 Å². The first-order valence-electron chi connectivity index (χ1n) is 11.5. The molecule has 0 amide bonds. The Morgan fingerprint density at radius 2 is 0.952 bits per heavy atom. The van der Waals surface area contributed by atoms with Crippen molar-refractivity contribution in [2.24, 2.45) is 0 Å². The third kappa shape index (κ3) is 3.44. The molecule has 6 rings (SSSR count). The molecule has 2 aromatic carbocycles. The van der Waals surface area contributed by atoms with Crippen LogP contribution in [0.2, 0.25) is 0 Å². The Morgan fingerprint density at radius 1 is 0.643 bits per heavy atom. The average molecular weight is 816 g/mol. The molecule has 0 saturated carbocycles. The van der Waals surface area contributed by atoms with Gasteiger partial charge in [0.15, 0.2) is 14.4 Å². The second kappa shape index (κ2) is 9.65. The van der Waals surface area contributed by atoms with E-state index in [-0.39, 0.29) is 53.5 Å². The molecule has 6 unspecified atom stereocenters. The van der Waals surface area contributed by atoms with E-state index in [9.17, 15) is 25.2 Å². The van der Waals surface area contributed by atoms with Gasteiger partial charge in [-0.2, -0.15) is 0 Å². The number of aromatic hydroxyl groups is 4. The standard InChI is InChI=1S/C25H10Cl12O5/c26-13(3-1-5(38)7-9-15(28)20(30)22(32,24(9,34)35)11(7)17(3)40)19(42)14(27)4-2-6(39)8-10-16(29)21(31)23(33,25(10,36)37)12(8)18(4)41/h1-2,9-10,13-14,38-41H. The maximum atomic E-state index is 13.6. The molecule has 224 valence electrons. The summed E-state index contributed by atoms with van der Waals surface area (Å²) in [5, 5.41) is 40.4. The van der Waals surface area contributed by atoms with Gasteiger partial charge in [0.1, 0.15) is 43.5 Å². The summed E-state index contributed by atoms with van der Waals surface area (Å²) in [4.78, 5) is 9.62. The number of phenols is 4. The summed E-state index contributed by atoms with van der Waals surface area (Å²) in [6.45, 7) is 0. The zero-order valence-electron chi connectivity index (χ0n) is 19.7. The highest BCUT2D eigenvalue weighted by atomic mass is 35.5. The number of carbonyl (C=O) groups excluding carboxylic acids is 1. The first kappa shape index (κ1) is 32.2. The lowest BCUT2D eigenvalue weighted by atomic mass is 9.88. The molecule has 0 aliphatic heterocycles. The summed E-state index contributed by atoms with van der Waals surface area (Å²) in [5.41, 5.74) is -1.05. The first-order chi connectivity index (χ1) is 19.2. The minimum absolute atomic E-state index is 0.00210. The van der Waals surface area contributed by atoms with Crippen LogP contribution in [0.25, 0.3) is 0 Å². The highest BCUT2D eigenvalue weighted by Crippen LogP contribution is 2.78. The third-order valence-electron chi connectivity index (χ3n) is 8.18. The van der Waals surface area contributed by atoms with Gasteiger partial charge < -0.3 is 20.4 Å².